The molecule has 1 saturated heterocycles. The van der Waals surface area contributed by atoms with Crippen molar-refractivity contribution in [2.45, 2.75) is 19.3 Å². The lowest BCUT2D eigenvalue weighted by atomic mass is 9.90. The van der Waals surface area contributed by atoms with E-state index in [1.165, 1.54) is 11.9 Å². The van der Waals surface area contributed by atoms with Crippen molar-refractivity contribution < 1.29 is 4.92 Å². The van der Waals surface area contributed by atoms with Crippen LogP contribution in [0.2, 0.25) is 0 Å². The van der Waals surface area contributed by atoms with Gasteiger partial charge in [-0.2, -0.15) is 0 Å². The van der Waals surface area contributed by atoms with E-state index in [0.29, 0.717) is 11.7 Å². The molecule has 0 aliphatic carbocycles. The Morgan fingerprint density at radius 3 is 2.58 bits per heavy atom. The summed E-state index contributed by atoms with van der Waals surface area (Å²) in [6.45, 7) is 1.47. The Balaban J connectivity index is 1.70. The van der Waals surface area contributed by atoms with Crippen LogP contribution < -0.4 is 16.2 Å². The number of nitrogen functional groups attached to an aromatic ring is 1. The molecule has 3 rings (SSSR count). The molecule has 0 spiro atoms. The number of nitro groups is 1. The van der Waals surface area contributed by atoms with Gasteiger partial charge >= 0.3 is 5.69 Å². The Labute approximate surface area is 139 Å². The quantitative estimate of drug-likeness (QED) is 0.491. The number of hydrogen-bond acceptors (Lipinski definition) is 7. The average Bonchev–Trinajstić information content (AvgIpc) is 2.62. The maximum Gasteiger partial charge on any atom is 0.354 e. The minimum Gasteiger partial charge on any atom is -0.351 e. The minimum atomic E-state index is -0.486. The maximum absolute atomic E-state index is 11.4. The molecular formula is C16H20N6O2. The third-order valence-corrected chi connectivity index (χ3v) is 4.40. The molecule has 2 aromatic rings. The van der Waals surface area contributed by atoms with E-state index in [2.05, 4.69) is 39.7 Å². The van der Waals surface area contributed by atoms with Gasteiger partial charge in [0, 0.05) is 13.1 Å². The molecule has 1 aromatic carbocycles. The number of piperidine rings is 1. The van der Waals surface area contributed by atoms with Gasteiger partial charge in [-0.25, -0.2) is 15.8 Å². The van der Waals surface area contributed by atoms with Crippen LogP contribution >= 0.6 is 0 Å². The van der Waals surface area contributed by atoms with Gasteiger partial charge in [0.2, 0.25) is 11.6 Å². The van der Waals surface area contributed by atoms with E-state index < -0.39 is 4.92 Å². The molecule has 0 radical (unpaired) electrons. The monoisotopic (exact) mass is 328 g/mol. The van der Waals surface area contributed by atoms with Crippen LogP contribution in [-0.2, 0) is 6.42 Å². The summed E-state index contributed by atoms with van der Waals surface area (Å²) < 4.78 is 0. The van der Waals surface area contributed by atoms with Crippen LogP contribution in [0.1, 0.15) is 18.4 Å². The molecule has 1 aliphatic heterocycles. The van der Waals surface area contributed by atoms with Crippen molar-refractivity contribution in [2.75, 3.05) is 23.4 Å². The van der Waals surface area contributed by atoms with Crippen LogP contribution in [0.3, 0.4) is 0 Å². The van der Waals surface area contributed by atoms with Gasteiger partial charge in [0.1, 0.15) is 6.33 Å². The first-order valence-corrected chi connectivity index (χ1v) is 7.94. The van der Waals surface area contributed by atoms with E-state index in [9.17, 15) is 10.1 Å². The smallest absolute Gasteiger partial charge is 0.351 e. The van der Waals surface area contributed by atoms with Crippen molar-refractivity contribution in [1.82, 2.24) is 9.97 Å². The second kappa shape index (κ2) is 7.22. The fourth-order valence-electron chi connectivity index (χ4n) is 3.17. The van der Waals surface area contributed by atoms with Crippen LogP contribution in [0.15, 0.2) is 36.7 Å². The van der Waals surface area contributed by atoms with Crippen molar-refractivity contribution in [2.24, 2.45) is 11.8 Å². The van der Waals surface area contributed by atoms with Crippen molar-refractivity contribution >= 4 is 17.3 Å². The number of nitrogens with zero attached hydrogens (tertiary/aromatic N) is 4. The van der Waals surface area contributed by atoms with Crippen molar-refractivity contribution in [3.05, 3.63) is 52.3 Å². The van der Waals surface area contributed by atoms with Crippen LogP contribution in [0, 0.1) is 16.0 Å². The molecule has 1 fully saturated rings. The summed E-state index contributed by atoms with van der Waals surface area (Å²) in [4.78, 5) is 20.8. The largest absolute Gasteiger partial charge is 0.354 e. The standard InChI is InChI=1S/C16H20N6O2/c17-20-15-14(22(23)24)16(19-11-18-15)21-8-6-13(7-9-21)10-12-4-2-1-3-5-12/h1-5,11,13H,6-10,17H2,(H,18,19,20). The number of hydrogen-bond donors (Lipinski definition) is 2. The van der Waals surface area contributed by atoms with Gasteiger partial charge in [-0.05, 0) is 30.7 Å². The third kappa shape index (κ3) is 3.43. The number of anilines is 2. The van der Waals surface area contributed by atoms with Gasteiger partial charge in [-0.1, -0.05) is 30.3 Å². The summed E-state index contributed by atoms with van der Waals surface area (Å²) in [6, 6.07) is 10.4. The lowest BCUT2D eigenvalue weighted by molar-refractivity contribution is -0.383. The molecule has 126 valence electrons. The molecule has 3 N–H and O–H groups in total. The van der Waals surface area contributed by atoms with E-state index in [-0.39, 0.29) is 11.5 Å². The molecular weight excluding hydrogens is 308 g/mol. The van der Waals surface area contributed by atoms with Crippen molar-refractivity contribution in [1.29, 1.82) is 0 Å². The summed E-state index contributed by atoms with van der Waals surface area (Å²) >= 11 is 0. The molecule has 0 bridgehead atoms. The number of nitrogens with two attached hydrogens (primary N) is 1. The molecule has 0 atom stereocenters. The van der Waals surface area contributed by atoms with Crippen LogP contribution in [0.5, 0.6) is 0 Å². The second-order valence-corrected chi connectivity index (χ2v) is 5.92. The number of aromatic nitrogens is 2. The third-order valence-electron chi connectivity index (χ3n) is 4.40. The van der Waals surface area contributed by atoms with E-state index in [1.807, 2.05) is 11.0 Å². The first-order chi connectivity index (χ1) is 11.7. The highest BCUT2D eigenvalue weighted by Crippen LogP contribution is 2.34. The van der Waals surface area contributed by atoms with Crippen LogP contribution in [-0.4, -0.2) is 28.0 Å². The van der Waals surface area contributed by atoms with E-state index >= 15 is 0 Å². The molecule has 1 aliphatic rings. The zero-order valence-corrected chi connectivity index (χ0v) is 13.3. The van der Waals surface area contributed by atoms with Crippen molar-refractivity contribution in [3.8, 4) is 0 Å². The van der Waals surface area contributed by atoms with Gasteiger partial charge in [0.15, 0.2) is 0 Å². The normalized spacial score (nSPS) is 15.3. The highest BCUT2D eigenvalue weighted by atomic mass is 16.6. The van der Waals surface area contributed by atoms with E-state index in [0.717, 1.165) is 32.4 Å². The fraction of sp³-hybridized carbons (Fsp3) is 0.375. The Morgan fingerprint density at radius 1 is 1.25 bits per heavy atom. The summed E-state index contributed by atoms with van der Waals surface area (Å²) in [5, 5.41) is 11.4. The van der Waals surface area contributed by atoms with Gasteiger partial charge in [0.05, 0.1) is 4.92 Å². The lowest BCUT2D eigenvalue weighted by Crippen LogP contribution is -2.35. The fourth-order valence-corrected chi connectivity index (χ4v) is 3.17. The number of nitrogens with one attached hydrogen (secondary N) is 1. The SMILES string of the molecule is NNc1ncnc(N2CCC(Cc3ccccc3)CC2)c1[N+](=O)[O-]. The zero-order valence-electron chi connectivity index (χ0n) is 13.3. The van der Waals surface area contributed by atoms with Gasteiger partial charge < -0.3 is 10.3 Å². The first-order valence-electron chi connectivity index (χ1n) is 7.94. The summed E-state index contributed by atoms with van der Waals surface area (Å²) in [5.41, 5.74) is 3.45. The highest BCUT2D eigenvalue weighted by Gasteiger charge is 2.29. The maximum atomic E-state index is 11.4. The van der Waals surface area contributed by atoms with E-state index in [4.69, 9.17) is 5.84 Å². The number of hydrazine groups is 1. The molecule has 2 heterocycles. The Morgan fingerprint density at radius 2 is 1.96 bits per heavy atom. The number of benzene rings is 1. The average molecular weight is 328 g/mol. The van der Waals surface area contributed by atoms with Gasteiger partial charge in [0.25, 0.3) is 0 Å². The molecule has 8 nitrogen and oxygen atoms in total. The molecule has 1 aromatic heterocycles. The number of rotatable bonds is 5. The highest BCUT2D eigenvalue weighted by molar-refractivity contribution is 5.69. The zero-order chi connectivity index (χ0) is 16.9. The Bertz CT molecular complexity index is 701. The molecule has 8 heteroatoms. The lowest BCUT2D eigenvalue weighted by Gasteiger charge is -2.32. The molecule has 0 amide bonds. The molecule has 0 unspecified atom stereocenters. The van der Waals surface area contributed by atoms with Gasteiger partial charge in [-0.15, -0.1) is 0 Å². The van der Waals surface area contributed by atoms with Crippen LogP contribution in [0.4, 0.5) is 17.3 Å². The van der Waals surface area contributed by atoms with Gasteiger partial charge in [-0.3, -0.25) is 10.1 Å². The van der Waals surface area contributed by atoms with Crippen molar-refractivity contribution in [3.63, 3.8) is 0 Å². The van der Waals surface area contributed by atoms with Crippen LogP contribution in [0.25, 0.3) is 0 Å². The first kappa shape index (κ1) is 16.1. The predicted molar refractivity (Wildman–Crippen MR) is 91.6 cm³/mol. The molecule has 0 saturated carbocycles. The Kier molecular flexibility index (Phi) is 4.85. The minimum absolute atomic E-state index is 0.0383. The van der Waals surface area contributed by atoms with E-state index in [1.54, 1.807) is 0 Å². The molecule has 24 heavy (non-hydrogen) atoms. The topological polar surface area (TPSA) is 110 Å². The predicted octanol–water partition coefficient (Wildman–Crippen LogP) is 2.13. The Hall–Kier alpha value is -2.74. The summed E-state index contributed by atoms with van der Waals surface area (Å²) in [6.07, 6.45) is 4.28. The summed E-state index contributed by atoms with van der Waals surface area (Å²) in [7, 11) is 0. The second-order valence-electron chi connectivity index (χ2n) is 5.92. The summed E-state index contributed by atoms with van der Waals surface area (Å²) in [5.74, 6) is 6.28.